The normalized spacial score (nSPS) is 24.6. The Morgan fingerprint density at radius 3 is 0.688 bits per heavy atom. The molecule has 16 rings (SSSR count). The van der Waals surface area contributed by atoms with Gasteiger partial charge in [0.1, 0.15) is 97.7 Å². The van der Waals surface area contributed by atoms with Crippen LogP contribution in [0.2, 0.25) is 16.6 Å². The van der Waals surface area contributed by atoms with Crippen LogP contribution in [0.4, 0.5) is 0 Å². The highest BCUT2D eigenvalue weighted by molar-refractivity contribution is 6.77. The summed E-state index contributed by atoms with van der Waals surface area (Å²) >= 11 is 0. The minimum atomic E-state index is -2.84. The van der Waals surface area contributed by atoms with Crippen LogP contribution in [0.3, 0.4) is 0 Å². The van der Waals surface area contributed by atoms with Crippen LogP contribution in [0.1, 0.15) is 121 Å². The van der Waals surface area contributed by atoms with Crippen molar-refractivity contribution in [2.45, 2.75) is 273 Å². The summed E-state index contributed by atoms with van der Waals surface area (Å²) in [6.07, 6.45) is -19.1. The van der Waals surface area contributed by atoms with Gasteiger partial charge in [-0.25, -0.2) is 0 Å². The maximum Gasteiger partial charge on any atom is 0.200 e. The lowest BCUT2D eigenvalue weighted by atomic mass is 9.95. The van der Waals surface area contributed by atoms with Crippen molar-refractivity contribution in [1.82, 2.24) is 0 Å². The number of hydrogen-bond donors (Lipinski definition) is 0. The second kappa shape index (κ2) is 56.6. The van der Waals surface area contributed by atoms with Crippen molar-refractivity contribution in [3.05, 3.63) is 443 Å². The van der Waals surface area contributed by atoms with E-state index in [2.05, 4.69) is 60.3 Å². The molecule has 0 amide bonds. The van der Waals surface area contributed by atoms with Gasteiger partial charge in [-0.2, -0.15) is 0 Å². The number of rotatable bonds is 56. The molecule has 0 spiro atoms. The van der Waals surface area contributed by atoms with Crippen LogP contribution in [0.15, 0.2) is 377 Å². The maximum atomic E-state index is 8.47. The molecule has 4 aliphatic heterocycles. The van der Waals surface area contributed by atoms with Gasteiger partial charge in [0.25, 0.3) is 0 Å². The lowest BCUT2D eigenvalue weighted by Gasteiger charge is -2.52. The van der Waals surface area contributed by atoms with Crippen molar-refractivity contribution in [3.8, 4) is 0 Å². The van der Waals surface area contributed by atoms with Gasteiger partial charge >= 0.3 is 0 Å². The third-order valence-corrected chi connectivity index (χ3v) is 33.1. The Kier molecular flexibility index (Phi) is 41.9. The van der Waals surface area contributed by atoms with Crippen molar-refractivity contribution in [2.24, 2.45) is 0 Å². The Hall–Kier alpha value is -10.2. The predicted molar refractivity (Wildman–Crippen MR) is 555 cm³/mol. The molecule has 4 aliphatic rings. The molecule has 0 aromatic heterocycles. The summed E-state index contributed by atoms with van der Waals surface area (Å²) in [4.78, 5) is 0. The first-order chi connectivity index (χ1) is 70.9. The molecule has 0 radical (unpaired) electrons. The van der Waals surface area contributed by atoms with Crippen molar-refractivity contribution in [1.29, 1.82) is 0 Å². The second-order valence-corrected chi connectivity index (χ2v) is 43.7. The molecule has 21 nitrogen and oxygen atoms in total. The molecule has 144 heavy (non-hydrogen) atoms. The van der Waals surface area contributed by atoms with Gasteiger partial charge in [0.15, 0.2) is 33.5 Å². The fourth-order valence-electron chi connectivity index (χ4n) is 19.8. The monoisotopic (exact) mass is 1970 g/mol. The molecule has 0 N–H and O–H groups in total. The molecule has 1 unspecified atom stereocenters. The van der Waals surface area contributed by atoms with Crippen molar-refractivity contribution in [2.75, 3.05) is 33.0 Å². The molecular formula is C122H142O21Si. The van der Waals surface area contributed by atoms with Crippen LogP contribution >= 0.6 is 0 Å². The number of benzene rings is 12. The first-order valence-electron chi connectivity index (χ1n) is 51.1. The number of hydrogen-bond acceptors (Lipinski definition) is 21. The summed E-state index contributed by atoms with van der Waals surface area (Å²) in [7, 11) is -2.84. The number of unbranched alkanes of at least 4 members (excludes halogenated alkanes) is 1. The molecule has 22 heteroatoms. The summed E-state index contributed by atoms with van der Waals surface area (Å²) < 4.78 is 161. The SMILES string of the molecule is C=CCCCOC1O[C@H](CO[C@H]2O[C@H](COCc3ccccc3)[C@@H](OCc3ccccc3)[C@H](OCc3ccccc3)[C@@H]2O[C@H]2O[C@H](CO[Si](C(C)C)(C(C)C)C(C)C)[C@@H](OCc3ccccc3)[C@H](OCc3ccccc3)[C@@H]2O[C@H]2O[C@H](COCc3ccccc3)[C@@H](OCc3ccccc3)[C@H](OCc3ccccc3)[C@@H]2OCc2ccccc2)[C@@H](OCc2ccccc2)[C@H](OCc2ccccc2)[C@@H]1OCc1ccccc1. The molecule has 12 aromatic carbocycles. The Labute approximate surface area is 851 Å². The molecule has 20 atom stereocenters. The lowest BCUT2D eigenvalue weighted by Crippen LogP contribution is -2.69. The van der Waals surface area contributed by atoms with Gasteiger partial charge in [-0.15, -0.1) is 6.58 Å². The highest BCUT2D eigenvalue weighted by Crippen LogP contribution is 2.46. The van der Waals surface area contributed by atoms with Crippen LogP contribution in [-0.4, -0.2) is 164 Å². The van der Waals surface area contributed by atoms with E-state index in [-0.39, 0.29) is 129 Å². The van der Waals surface area contributed by atoms with E-state index in [1.165, 1.54) is 0 Å². The van der Waals surface area contributed by atoms with Gasteiger partial charge < -0.3 is 99.2 Å². The molecule has 760 valence electrons. The molecule has 0 bridgehead atoms. The zero-order chi connectivity index (χ0) is 99.1. The third kappa shape index (κ3) is 30.7. The van der Waals surface area contributed by atoms with E-state index >= 15 is 0 Å². The van der Waals surface area contributed by atoms with E-state index in [0.717, 1.165) is 66.8 Å². The first-order valence-corrected chi connectivity index (χ1v) is 53.2. The van der Waals surface area contributed by atoms with Crippen LogP contribution in [0.5, 0.6) is 0 Å². The van der Waals surface area contributed by atoms with Crippen molar-refractivity contribution < 1.29 is 99.2 Å². The van der Waals surface area contributed by atoms with E-state index in [9.17, 15) is 0 Å². The Balaban J connectivity index is 0.896. The van der Waals surface area contributed by atoms with Crippen molar-refractivity contribution >= 4 is 8.32 Å². The van der Waals surface area contributed by atoms with E-state index in [1.54, 1.807) is 0 Å². The molecule has 4 saturated heterocycles. The molecule has 4 fully saturated rings. The highest BCUT2D eigenvalue weighted by Gasteiger charge is 2.60. The Morgan fingerprint density at radius 1 is 0.222 bits per heavy atom. The Bertz CT molecular complexity index is 5500. The number of allylic oxidation sites excluding steroid dienone is 1. The van der Waals surface area contributed by atoms with Gasteiger partial charge in [-0.1, -0.05) is 412 Å². The Morgan fingerprint density at radius 2 is 0.424 bits per heavy atom. The summed E-state index contributed by atoms with van der Waals surface area (Å²) in [6, 6.07) is 121. The lowest BCUT2D eigenvalue weighted by molar-refractivity contribution is -0.407. The summed E-state index contributed by atoms with van der Waals surface area (Å²) in [6.45, 7) is 19.5. The molecule has 0 aliphatic carbocycles. The zero-order valence-corrected chi connectivity index (χ0v) is 84.7. The first kappa shape index (κ1) is 107. The van der Waals surface area contributed by atoms with Crippen LogP contribution in [-0.2, 0) is 178 Å². The summed E-state index contributed by atoms with van der Waals surface area (Å²) in [5.74, 6) is 0. The standard InChI is InChI=1S/C122H142O21Si/c1-8-9-46-71-125-119-115(134-82-101-67-42-20-43-68-101)111(130-78-97-59-34-16-35-60-97)109(128-76-95-55-30-14-31-56-95)105(139-119)86-136-120-117(113(132-80-99-63-38-18-39-64-99)108(127-75-94-53-28-13-29-54-94)103(138-120)84-123-72-91-47-22-10-23-48-91)142-122-118(114(133-81-100-65-40-19-41-66-100)110(129-77-96-57-32-15-33-58-96)106(141-122)87-137-144(88(2)3,89(4)5)90(6)7)143-121-116(135-83-102-69-44-21-45-70-102)112(131-79-98-61-36-17-37-62-98)107(126-74-93-51-26-12-27-52-93)104(140-121)85-124-73-92-49-24-11-25-50-92/h8,10-45,47-70,88-90,103-122H,1,9,46,71-87H2,2-7H3/t103-,104-,105-,106-,107-,108-,109-,110-,111+,112+,113+,114+,115+,116+,117+,118+,119?,120+,121-,122-/m1/s1. The second-order valence-electron chi connectivity index (χ2n) is 38.3. The van der Waals surface area contributed by atoms with Crippen LogP contribution in [0, 0.1) is 0 Å². The van der Waals surface area contributed by atoms with Gasteiger partial charge in [-0.3, -0.25) is 0 Å². The van der Waals surface area contributed by atoms with E-state index in [1.807, 2.05) is 358 Å². The molecular weight excluding hydrogens is 1830 g/mol. The molecule has 12 aromatic rings. The van der Waals surface area contributed by atoms with E-state index in [0.29, 0.717) is 12.8 Å². The van der Waals surface area contributed by atoms with E-state index < -0.39 is 131 Å². The largest absolute Gasteiger partial charge is 0.413 e. The van der Waals surface area contributed by atoms with Gasteiger partial charge in [0.2, 0.25) is 0 Å². The highest BCUT2D eigenvalue weighted by atomic mass is 28.4. The third-order valence-electron chi connectivity index (χ3n) is 27.1. The predicted octanol–water partition coefficient (Wildman–Crippen LogP) is 23.1. The fourth-order valence-corrected chi connectivity index (χ4v) is 25.3. The minimum Gasteiger partial charge on any atom is -0.413 e. The molecule has 4 heterocycles. The smallest absolute Gasteiger partial charge is 0.200 e. The van der Waals surface area contributed by atoms with E-state index in [4.69, 9.17) is 99.2 Å². The topological polar surface area (TPSA) is 194 Å². The van der Waals surface area contributed by atoms with Gasteiger partial charge in [-0.05, 0) is 96.2 Å². The van der Waals surface area contributed by atoms with Crippen LogP contribution in [0.25, 0.3) is 0 Å². The van der Waals surface area contributed by atoms with Gasteiger partial charge in [0, 0.05) is 0 Å². The van der Waals surface area contributed by atoms with Crippen molar-refractivity contribution in [3.63, 3.8) is 0 Å². The average molecular weight is 1970 g/mol. The average Bonchev–Trinajstić information content (AvgIpc) is 0.755. The van der Waals surface area contributed by atoms with Gasteiger partial charge in [0.05, 0.1) is 112 Å². The fraction of sp³-hybridized carbons (Fsp3) is 0.393. The maximum absolute atomic E-state index is 8.47. The van der Waals surface area contributed by atoms with Crippen LogP contribution < -0.4 is 0 Å². The quantitative estimate of drug-likeness (QED) is 0.0198. The molecule has 0 saturated carbocycles. The summed E-state index contributed by atoms with van der Waals surface area (Å²) in [5.41, 5.74) is 11.4. The zero-order valence-electron chi connectivity index (χ0n) is 83.7. The summed E-state index contributed by atoms with van der Waals surface area (Å²) in [5, 5.41) is 0. The minimum absolute atomic E-state index is 0.00103. The number of ether oxygens (including phenoxy) is 20.